The maximum atomic E-state index is 12.3. The molecule has 0 atom stereocenters. The number of benzene rings is 1. The third-order valence-electron chi connectivity index (χ3n) is 3.38. The standard InChI is InChI=1S/C18H28N2OS/c1-8-14-10-9-11-15(12(2)3)16(14)20(13(4)21)17(22)19-18(5,6)7/h9-12H,8H2,1-7H3,(H,19,22). The van der Waals surface area contributed by atoms with Gasteiger partial charge in [0.2, 0.25) is 5.91 Å². The van der Waals surface area contributed by atoms with Crippen molar-refractivity contribution in [2.75, 3.05) is 4.90 Å². The van der Waals surface area contributed by atoms with Gasteiger partial charge in [-0.1, -0.05) is 39.0 Å². The van der Waals surface area contributed by atoms with Crippen LogP contribution in [0.1, 0.15) is 65.5 Å². The van der Waals surface area contributed by atoms with Gasteiger partial charge in [-0.2, -0.15) is 0 Å². The zero-order chi connectivity index (χ0) is 17.1. The predicted octanol–water partition coefficient (Wildman–Crippen LogP) is 4.40. The predicted molar refractivity (Wildman–Crippen MR) is 98.6 cm³/mol. The molecule has 1 rings (SSSR count). The average Bonchev–Trinajstić information content (AvgIpc) is 2.36. The second-order valence-corrected chi connectivity index (χ2v) is 7.28. The van der Waals surface area contributed by atoms with Gasteiger partial charge in [0.05, 0.1) is 5.69 Å². The number of anilines is 1. The molecule has 22 heavy (non-hydrogen) atoms. The van der Waals surface area contributed by atoms with Crippen LogP contribution in [0.5, 0.6) is 0 Å². The van der Waals surface area contributed by atoms with E-state index in [1.165, 1.54) is 0 Å². The Morgan fingerprint density at radius 1 is 1.32 bits per heavy atom. The van der Waals surface area contributed by atoms with Gasteiger partial charge in [-0.25, -0.2) is 0 Å². The van der Waals surface area contributed by atoms with Crippen LogP contribution in [0, 0.1) is 0 Å². The molecule has 0 unspecified atom stereocenters. The summed E-state index contributed by atoms with van der Waals surface area (Å²) < 4.78 is 0. The maximum absolute atomic E-state index is 12.3. The van der Waals surface area contributed by atoms with E-state index in [4.69, 9.17) is 12.2 Å². The van der Waals surface area contributed by atoms with Crippen LogP contribution < -0.4 is 10.2 Å². The van der Waals surface area contributed by atoms with Gasteiger partial charge in [0.25, 0.3) is 0 Å². The minimum absolute atomic E-state index is 0.0652. The van der Waals surface area contributed by atoms with E-state index < -0.39 is 0 Å². The van der Waals surface area contributed by atoms with E-state index in [2.05, 4.69) is 44.3 Å². The molecule has 0 saturated heterocycles. The van der Waals surface area contributed by atoms with E-state index in [-0.39, 0.29) is 11.4 Å². The van der Waals surface area contributed by atoms with E-state index in [0.29, 0.717) is 11.0 Å². The average molecular weight is 321 g/mol. The lowest BCUT2D eigenvalue weighted by atomic mass is 9.95. The molecule has 1 N–H and O–H groups in total. The topological polar surface area (TPSA) is 32.3 Å². The first-order valence-electron chi connectivity index (χ1n) is 7.83. The summed E-state index contributed by atoms with van der Waals surface area (Å²) in [6.07, 6.45) is 0.859. The highest BCUT2D eigenvalue weighted by atomic mass is 32.1. The molecule has 0 fully saturated rings. The van der Waals surface area contributed by atoms with Gasteiger partial charge in [0.15, 0.2) is 5.11 Å². The van der Waals surface area contributed by atoms with Crippen LogP contribution in [-0.2, 0) is 11.2 Å². The van der Waals surface area contributed by atoms with Crippen LogP contribution in [0.3, 0.4) is 0 Å². The lowest BCUT2D eigenvalue weighted by Gasteiger charge is -2.32. The molecule has 0 saturated carbocycles. The maximum Gasteiger partial charge on any atom is 0.230 e. The van der Waals surface area contributed by atoms with Crippen LogP contribution in [0.2, 0.25) is 0 Å². The Morgan fingerprint density at radius 2 is 1.91 bits per heavy atom. The Kier molecular flexibility index (Phi) is 6.12. The first-order chi connectivity index (χ1) is 10.1. The van der Waals surface area contributed by atoms with Crippen LogP contribution in [0.25, 0.3) is 0 Å². The third kappa shape index (κ3) is 4.54. The lowest BCUT2D eigenvalue weighted by Crippen LogP contribution is -2.50. The molecular formula is C18H28N2OS. The van der Waals surface area contributed by atoms with Gasteiger partial charge in [0, 0.05) is 12.5 Å². The highest BCUT2D eigenvalue weighted by molar-refractivity contribution is 7.80. The first-order valence-corrected chi connectivity index (χ1v) is 8.24. The zero-order valence-electron chi connectivity index (χ0n) is 14.8. The van der Waals surface area contributed by atoms with Gasteiger partial charge in [-0.05, 0) is 56.5 Å². The Labute approximate surface area is 140 Å². The molecule has 1 aromatic carbocycles. The van der Waals surface area contributed by atoms with Crippen molar-refractivity contribution in [2.24, 2.45) is 0 Å². The van der Waals surface area contributed by atoms with Crippen molar-refractivity contribution in [3.8, 4) is 0 Å². The second kappa shape index (κ2) is 7.23. The summed E-state index contributed by atoms with van der Waals surface area (Å²) >= 11 is 5.53. The Balaban J connectivity index is 3.44. The summed E-state index contributed by atoms with van der Waals surface area (Å²) in [4.78, 5) is 14.0. The molecule has 0 radical (unpaired) electrons. The van der Waals surface area contributed by atoms with Crippen molar-refractivity contribution in [2.45, 2.75) is 66.3 Å². The van der Waals surface area contributed by atoms with Crippen molar-refractivity contribution in [3.05, 3.63) is 29.3 Å². The molecule has 0 aromatic heterocycles. The van der Waals surface area contributed by atoms with Crippen molar-refractivity contribution in [1.29, 1.82) is 0 Å². The lowest BCUT2D eigenvalue weighted by molar-refractivity contribution is -0.115. The molecule has 0 spiro atoms. The number of carbonyl (C=O) groups excluding carboxylic acids is 1. The number of nitrogens with zero attached hydrogens (tertiary/aromatic N) is 1. The molecule has 1 aromatic rings. The number of carbonyl (C=O) groups is 1. The quantitative estimate of drug-likeness (QED) is 0.838. The minimum Gasteiger partial charge on any atom is -0.357 e. The molecule has 4 heteroatoms. The molecule has 0 aliphatic heterocycles. The van der Waals surface area contributed by atoms with Gasteiger partial charge >= 0.3 is 0 Å². The summed E-state index contributed by atoms with van der Waals surface area (Å²) in [5.41, 5.74) is 3.03. The van der Waals surface area contributed by atoms with Gasteiger partial charge in [0.1, 0.15) is 0 Å². The molecule has 0 aliphatic rings. The Hall–Kier alpha value is -1.42. The SMILES string of the molecule is CCc1cccc(C(C)C)c1N(C(C)=O)C(=S)NC(C)(C)C. The van der Waals surface area contributed by atoms with Crippen molar-refractivity contribution in [3.63, 3.8) is 0 Å². The second-order valence-electron chi connectivity index (χ2n) is 6.90. The van der Waals surface area contributed by atoms with E-state index in [0.717, 1.165) is 23.2 Å². The number of rotatable bonds is 3. The van der Waals surface area contributed by atoms with Gasteiger partial charge in [-0.15, -0.1) is 0 Å². The highest BCUT2D eigenvalue weighted by Gasteiger charge is 2.25. The summed E-state index contributed by atoms with van der Waals surface area (Å²) in [6.45, 7) is 14.0. The van der Waals surface area contributed by atoms with Crippen LogP contribution >= 0.6 is 12.2 Å². The summed E-state index contributed by atoms with van der Waals surface area (Å²) in [6, 6.07) is 6.20. The Morgan fingerprint density at radius 3 is 2.32 bits per heavy atom. The summed E-state index contributed by atoms with van der Waals surface area (Å²) in [5.74, 6) is 0.255. The number of thiocarbonyl (C=S) groups is 1. The molecular weight excluding hydrogens is 292 g/mol. The molecule has 1 amide bonds. The monoisotopic (exact) mass is 320 g/mol. The highest BCUT2D eigenvalue weighted by Crippen LogP contribution is 2.32. The normalized spacial score (nSPS) is 11.5. The van der Waals surface area contributed by atoms with E-state index in [1.807, 2.05) is 20.8 Å². The van der Waals surface area contributed by atoms with E-state index in [9.17, 15) is 4.79 Å². The summed E-state index contributed by atoms with van der Waals surface area (Å²) in [5, 5.41) is 3.71. The van der Waals surface area contributed by atoms with Crippen LogP contribution in [0.15, 0.2) is 18.2 Å². The summed E-state index contributed by atoms with van der Waals surface area (Å²) in [7, 11) is 0. The minimum atomic E-state index is -0.191. The van der Waals surface area contributed by atoms with Crippen molar-refractivity contribution < 1.29 is 4.79 Å². The number of nitrogens with one attached hydrogen (secondary N) is 1. The van der Waals surface area contributed by atoms with E-state index in [1.54, 1.807) is 11.8 Å². The zero-order valence-corrected chi connectivity index (χ0v) is 15.6. The van der Waals surface area contributed by atoms with Crippen molar-refractivity contribution >= 4 is 28.9 Å². The molecule has 0 heterocycles. The fourth-order valence-corrected chi connectivity index (χ4v) is 2.94. The molecule has 0 bridgehead atoms. The fourth-order valence-electron chi connectivity index (χ4n) is 2.41. The smallest absolute Gasteiger partial charge is 0.230 e. The number of aryl methyl sites for hydroxylation is 1. The van der Waals surface area contributed by atoms with Crippen LogP contribution in [0.4, 0.5) is 5.69 Å². The third-order valence-corrected chi connectivity index (χ3v) is 3.66. The molecule has 122 valence electrons. The number of para-hydroxylation sites is 1. The number of amides is 1. The first kappa shape index (κ1) is 18.6. The largest absolute Gasteiger partial charge is 0.357 e. The number of hydrogen-bond acceptors (Lipinski definition) is 2. The Bertz CT molecular complexity index is 559. The fraction of sp³-hybridized carbons (Fsp3) is 0.556. The van der Waals surface area contributed by atoms with Gasteiger partial charge in [-0.3, -0.25) is 9.69 Å². The molecule has 3 nitrogen and oxygen atoms in total. The van der Waals surface area contributed by atoms with Crippen LogP contribution in [-0.4, -0.2) is 16.6 Å². The number of hydrogen-bond donors (Lipinski definition) is 1. The molecule has 0 aliphatic carbocycles. The van der Waals surface area contributed by atoms with Crippen molar-refractivity contribution in [1.82, 2.24) is 5.32 Å². The van der Waals surface area contributed by atoms with E-state index >= 15 is 0 Å². The van der Waals surface area contributed by atoms with Gasteiger partial charge < -0.3 is 5.32 Å².